The first kappa shape index (κ1) is 20.5. The maximum absolute atomic E-state index is 4.75. The smallest absolute Gasteiger partial charge is 0.191 e. The van der Waals surface area contributed by atoms with Gasteiger partial charge in [0.1, 0.15) is 0 Å². The van der Waals surface area contributed by atoms with Crippen LogP contribution in [0.1, 0.15) is 43.9 Å². The van der Waals surface area contributed by atoms with Crippen molar-refractivity contribution in [2.45, 2.75) is 57.7 Å². The Balaban J connectivity index is 0.00000208. The molecule has 0 amide bonds. The van der Waals surface area contributed by atoms with Gasteiger partial charge in [-0.05, 0) is 48.2 Å². The average Bonchev–Trinajstić information content (AvgIpc) is 3.26. The summed E-state index contributed by atoms with van der Waals surface area (Å²) in [5.41, 5.74) is 0. The van der Waals surface area contributed by atoms with Crippen molar-refractivity contribution in [3.05, 3.63) is 20.8 Å². The van der Waals surface area contributed by atoms with E-state index in [4.69, 9.17) is 4.99 Å². The van der Waals surface area contributed by atoms with Crippen LogP contribution in [0.4, 0.5) is 0 Å². The fourth-order valence-corrected chi connectivity index (χ4v) is 4.99. The highest BCUT2D eigenvalue weighted by Crippen LogP contribution is 2.26. The Morgan fingerprint density at radius 1 is 1.38 bits per heavy atom. The molecule has 1 aromatic heterocycles. The van der Waals surface area contributed by atoms with Gasteiger partial charge in [-0.1, -0.05) is 12.8 Å². The molecule has 1 unspecified atom stereocenters. The van der Waals surface area contributed by atoms with Gasteiger partial charge in [0.05, 0.1) is 6.54 Å². The van der Waals surface area contributed by atoms with E-state index in [0.717, 1.165) is 29.6 Å². The molecule has 2 fully saturated rings. The molecule has 1 saturated carbocycles. The first-order valence-corrected chi connectivity index (χ1v) is 10.4. The van der Waals surface area contributed by atoms with Gasteiger partial charge in [-0.25, -0.2) is 4.99 Å². The van der Waals surface area contributed by atoms with Crippen molar-refractivity contribution < 1.29 is 0 Å². The Morgan fingerprint density at radius 2 is 2.17 bits per heavy atom. The molecule has 1 aliphatic carbocycles. The minimum atomic E-state index is 0. The lowest BCUT2D eigenvalue weighted by molar-refractivity contribution is 0.242. The van der Waals surface area contributed by atoms with Gasteiger partial charge in [0.25, 0.3) is 0 Å². The lowest BCUT2D eigenvalue weighted by atomic mass is 10.2. The topological polar surface area (TPSA) is 39.7 Å². The largest absolute Gasteiger partial charge is 0.357 e. The molecular formula is C17H28BrIN4S. The Bertz CT molecular complexity index is 530. The SMILES string of the molecule is CCNC(=NCc1cc(Br)cs1)NC1CCN(C2CCCC2)C1.I. The van der Waals surface area contributed by atoms with E-state index in [9.17, 15) is 0 Å². The number of halogens is 2. The molecule has 0 bridgehead atoms. The Hall–Kier alpha value is 0.140. The number of rotatable bonds is 5. The maximum Gasteiger partial charge on any atom is 0.191 e. The first-order valence-electron chi connectivity index (χ1n) is 8.76. The normalized spacial score (nSPS) is 22.6. The number of thiophene rings is 1. The van der Waals surface area contributed by atoms with E-state index < -0.39 is 0 Å². The van der Waals surface area contributed by atoms with Crippen LogP contribution < -0.4 is 10.6 Å². The average molecular weight is 527 g/mol. The Morgan fingerprint density at radius 3 is 2.83 bits per heavy atom. The molecule has 0 radical (unpaired) electrons. The van der Waals surface area contributed by atoms with Crippen molar-refractivity contribution in [1.29, 1.82) is 0 Å². The summed E-state index contributed by atoms with van der Waals surface area (Å²) >= 11 is 5.26. The summed E-state index contributed by atoms with van der Waals surface area (Å²) < 4.78 is 1.15. The Labute approximate surface area is 175 Å². The van der Waals surface area contributed by atoms with Gasteiger partial charge in [-0.15, -0.1) is 35.3 Å². The van der Waals surface area contributed by atoms with Gasteiger partial charge in [-0.2, -0.15) is 0 Å². The molecule has 4 nitrogen and oxygen atoms in total. The molecule has 24 heavy (non-hydrogen) atoms. The molecule has 136 valence electrons. The molecule has 1 saturated heterocycles. The maximum atomic E-state index is 4.75. The number of guanidine groups is 1. The second-order valence-corrected chi connectivity index (χ2v) is 8.40. The van der Waals surface area contributed by atoms with Crippen LogP contribution in [0, 0.1) is 0 Å². The number of hydrogen-bond acceptors (Lipinski definition) is 3. The summed E-state index contributed by atoms with van der Waals surface area (Å²) in [5.74, 6) is 0.954. The van der Waals surface area contributed by atoms with E-state index in [-0.39, 0.29) is 24.0 Å². The fourth-order valence-electron chi connectivity index (χ4n) is 3.61. The minimum absolute atomic E-state index is 0. The zero-order valence-electron chi connectivity index (χ0n) is 14.3. The van der Waals surface area contributed by atoms with Gasteiger partial charge in [-0.3, -0.25) is 4.90 Å². The van der Waals surface area contributed by atoms with E-state index in [2.05, 4.69) is 49.8 Å². The number of nitrogens with zero attached hydrogens (tertiary/aromatic N) is 2. The van der Waals surface area contributed by atoms with Crippen molar-refractivity contribution in [3.63, 3.8) is 0 Å². The van der Waals surface area contributed by atoms with Crippen molar-refractivity contribution in [2.24, 2.45) is 4.99 Å². The molecule has 1 aliphatic heterocycles. The third kappa shape index (κ3) is 5.85. The van der Waals surface area contributed by atoms with E-state index in [1.807, 2.05) is 0 Å². The van der Waals surface area contributed by atoms with Gasteiger partial charge in [0.15, 0.2) is 5.96 Å². The highest BCUT2D eigenvalue weighted by atomic mass is 127. The molecule has 7 heteroatoms. The van der Waals surface area contributed by atoms with Crippen LogP contribution in [-0.4, -0.2) is 42.6 Å². The summed E-state index contributed by atoms with van der Waals surface area (Å²) in [6, 6.07) is 3.52. The lowest BCUT2D eigenvalue weighted by Crippen LogP contribution is -2.45. The van der Waals surface area contributed by atoms with Crippen molar-refractivity contribution in [3.8, 4) is 0 Å². The summed E-state index contributed by atoms with van der Waals surface area (Å²) in [6.07, 6.45) is 6.85. The van der Waals surface area contributed by atoms with Crippen LogP contribution in [0.5, 0.6) is 0 Å². The molecule has 0 spiro atoms. The lowest BCUT2D eigenvalue weighted by Gasteiger charge is -2.24. The van der Waals surface area contributed by atoms with Gasteiger partial charge in [0.2, 0.25) is 0 Å². The molecular weight excluding hydrogens is 499 g/mol. The predicted octanol–water partition coefficient (Wildman–Crippen LogP) is 4.20. The molecule has 1 atom stereocenters. The highest BCUT2D eigenvalue weighted by Gasteiger charge is 2.30. The summed E-state index contributed by atoms with van der Waals surface area (Å²) in [5, 5.41) is 9.13. The second-order valence-electron chi connectivity index (χ2n) is 6.49. The number of aliphatic imine (C=N–C) groups is 1. The van der Waals surface area contributed by atoms with Crippen LogP contribution in [0.2, 0.25) is 0 Å². The van der Waals surface area contributed by atoms with E-state index in [0.29, 0.717) is 6.04 Å². The van der Waals surface area contributed by atoms with Crippen molar-refractivity contribution in [1.82, 2.24) is 15.5 Å². The van der Waals surface area contributed by atoms with Crippen LogP contribution in [0.3, 0.4) is 0 Å². The standard InChI is InChI=1S/C17H27BrN4S.HI/c1-2-19-17(20-10-16-9-13(18)12-23-16)21-14-7-8-22(11-14)15-5-3-4-6-15;/h9,12,14-15H,2-8,10-11H2,1H3,(H2,19,20,21);1H. The number of nitrogens with one attached hydrogen (secondary N) is 2. The molecule has 0 aromatic carbocycles. The third-order valence-corrected chi connectivity index (χ3v) is 6.44. The molecule has 1 aromatic rings. The number of likely N-dealkylation sites (tertiary alicyclic amines) is 1. The molecule has 3 rings (SSSR count). The monoisotopic (exact) mass is 526 g/mol. The summed E-state index contributed by atoms with van der Waals surface area (Å²) in [7, 11) is 0. The van der Waals surface area contributed by atoms with Crippen molar-refractivity contribution >= 4 is 57.2 Å². The molecule has 2 aliphatic rings. The van der Waals surface area contributed by atoms with Gasteiger partial charge < -0.3 is 10.6 Å². The number of hydrogen-bond donors (Lipinski definition) is 2. The van der Waals surface area contributed by atoms with Crippen LogP contribution >= 0.6 is 51.2 Å². The molecule has 2 heterocycles. The van der Waals surface area contributed by atoms with E-state index >= 15 is 0 Å². The fraction of sp³-hybridized carbons (Fsp3) is 0.706. The summed E-state index contributed by atoms with van der Waals surface area (Å²) in [6.45, 7) is 6.17. The van der Waals surface area contributed by atoms with E-state index in [1.165, 1.54) is 50.1 Å². The second kappa shape index (κ2) is 10.3. The molecule has 2 N–H and O–H groups in total. The Kier molecular flexibility index (Phi) is 8.80. The minimum Gasteiger partial charge on any atom is -0.357 e. The quantitative estimate of drug-likeness (QED) is 0.343. The third-order valence-electron chi connectivity index (χ3n) is 4.76. The highest BCUT2D eigenvalue weighted by molar-refractivity contribution is 14.0. The predicted molar refractivity (Wildman–Crippen MR) is 118 cm³/mol. The van der Waals surface area contributed by atoms with Gasteiger partial charge >= 0.3 is 0 Å². The van der Waals surface area contributed by atoms with Crippen LogP contribution in [0.15, 0.2) is 20.9 Å². The zero-order chi connectivity index (χ0) is 16.1. The summed E-state index contributed by atoms with van der Waals surface area (Å²) in [4.78, 5) is 8.72. The van der Waals surface area contributed by atoms with Crippen LogP contribution in [-0.2, 0) is 6.54 Å². The van der Waals surface area contributed by atoms with Crippen LogP contribution in [0.25, 0.3) is 0 Å². The first-order chi connectivity index (χ1) is 11.2. The van der Waals surface area contributed by atoms with E-state index in [1.54, 1.807) is 11.3 Å². The zero-order valence-corrected chi connectivity index (χ0v) is 19.0. The van der Waals surface area contributed by atoms with Gasteiger partial charge in [0, 0.05) is 46.4 Å². The van der Waals surface area contributed by atoms with Crippen molar-refractivity contribution in [2.75, 3.05) is 19.6 Å².